The maximum atomic E-state index is 13.2. The van der Waals surface area contributed by atoms with Gasteiger partial charge in [0.1, 0.15) is 5.88 Å². The maximum Gasteiger partial charge on any atom is 0.243 e. The standard InChI is InChI=1S/C14H17ClF2N2O3S/c15-8-14(20)18-9-10-3-5-19(6-4-10)23(21,22)11-1-2-12(16)13(17)7-11/h1-2,7,10H,3-6,8-9H2,(H,18,20). The lowest BCUT2D eigenvalue weighted by Gasteiger charge is -2.31. The number of sulfonamides is 1. The number of piperidine rings is 1. The quantitative estimate of drug-likeness (QED) is 0.807. The minimum absolute atomic E-state index is 0.108. The van der Waals surface area contributed by atoms with Crippen LogP contribution in [0.2, 0.25) is 0 Å². The molecule has 1 aromatic carbocycles. The van der Waals surface area contributed by atoms with Crippen LogP contribution in [0, 0.1) is 17.6 Å². The van der Waals surface area contributed by atoms with Gasteiger partial charge in [0.2, 0.25) is 15.9 Å². The normalized spacial score (nSPS) is 17.2. The summed E-state index contributed by atoms with van der Waals surface area (Å²) in [5.74, 6) is -2.48. The maximum absolute atomic E-state index is 13.2. The van der Waals surface area contributed by atoms with Crippen LogP contribution in [0.5, 0.6) is 0 Å². The summed E-state index contributed by atoms with van der Waals surface area (Å²) in [6.45, 7) is 0.982. The summed E-state index contributed by atoms with van der Waals surface area (Å²) in [5, 5.41) is 2.67. The third-order valence-electron chi connectivity index (χ3n) is 3.81. The van der Waals surface area contributed by atoms with Gasteiger partial charge >= 0.3 is 0 Å². The monoisotopic (exact) mass is 366 g/mol. The van der Waals surface area contributed by atoms with Crippen LogP contribution < -0.4 is 5.32 Å². The van der Waals surface area contributed by atoms with Crippen molar-refractivity contribution in [3.05, 3.63) is 29.8 Å². The average Bonchev–Trinajstić information content (AvgIpc) is 2.55. The van der Waals surface area contributed by atoms with Gasteiger partial charge in [-0.15, -0.1) is 11.6 Å². The number of hydrogen-bond acceptors (Lipinski definition) is 3. The first kappa shape index (κ1) is 18.1. The predicted molar refractivity (Wildman–Crippen MR) is 81.6 cm³/mol. The van der Waals surface area contributed by atoms with Gasteiger partial charge in [0.15, 0.2) is 11.6 Å². The molecule has 2 rings (SSSR count). The molecular weight excluding hydrogens is 350 g/mol. The Balaban J connectivity index is 1.98. The minimum atomic E-state index is -3.84. The number of carbonyl (C=O) groups is 1. The Morgan fingerprint density at radius 2 is 1.91 bits per heavy atom. The number of benzene rings is 1. The summed E-state index contributed by atoms with van der Waals surface area (Å²) in [6, 6.07) is 2.55. The summed E-state index contributed by atoms with van der Waals surface area (Å²) in [4.78, 5) is 10.8. The van der Waals surface area contributed by atoms with Gasteiger partial charge in [-0.2, -0.15) is 4.31 Å². The molecule has 128 valence electrons. The summed E-state index contributed by atoms with van der Waals surface area (Å²) in [6.07, 6.45) is 1.15. The van der Waals surface area contributed by atoms with E-state index in [1.165, 1.54) is 4.31 Å². The van der Waals surface area contributed by atoms with Crippen molar-refractivity contribution in [2.45, 2.75) is 17.7 Å². The fourth-order valence-electron chi connectivity index (χ4n) is 2.45. The Hall–Kier alpha value is -1.25. The molecule has 1 aromatic rings. The van der Waals surface area contributed by atoms with Crippen LogP contribution in [0.15, 0.2) is 23.1 Å². The van der Waals surface area contributed by atoms with Gasteiger partial charge in [0, 0.05) is 19.6 Å². The molecule has 1 aliphatic rings. The second-order valence-corrected chi connectivity index (χ2v) is 7.57. The molecule has 23 heavy (non-hydrogen) atoms. The molecule has 0 radical (unpaired) electrons. The number of amides is 1. The summed E-state index contributed by atoms with van der Waals surface area (Å²) < 4.78 is 52.3. The molecule has 0 saturated carbocycles. The lowest BCUT2D eigenvalue weighted by atomic mass is 9.98. The van der Waals surface area contributed by atoms with Crippen LogP contribution in [0.4, 0.5) is 8.78 Å². The molecule has 1 fully saturated rings. The van der Waals surface area contributed by atoms with Crippen LogP contribution >= 0.6 is 11.6 Å². The van der Waals surface area contributed by atoms with E-state index in [4.69, 9.17) is 11.6 Å². The van der Waals surface area contributed by atoms with Crippen LogP contribution in [0.25, 0.3) is 0 Å². The number of nitrogens with zero attached hydrogens (tertiary/aromatic N) is 1. The van der Waals surface area contributed by atoms with Crippen molar-refractivity contribution in [3.63, 3.8) is 0 Å². The van der Waals surface area contributed by atoms with Gasteiger partial charge in [0.25, 0.3) is 0 Å². The van der Waals surface area contributed by atoms with Crippen molar-refractivity contribution in [1.82, 2.24) is 9.62 Å². The zero-order valence-electron chi connectivity index (χ0n) is 12.3. The molecule has 9 heteroatoms. The highest BCUT2D eigenvalue weighted by Gasteiger charge is 2.30. The van der Waals surface area contributed by atoms with E-state index in [1.807, 2.05) is 0 Å². The van der Waals surface area contributed by atoms with E-state index in [2.05, 4.69) is 5.32 Å². The second-order valence-electron chi connectivity index (χ2n) is 5.36. The smallest absolute Gasteiger partial charge is 0.243 e. The molecule has 0 unspecified atom stereocenters. The molecule has 1 amide bonds. The van der Waals surface area contributed by atoms with E-state index in [9.17, 15) is 22.0 Å². The van der Waals surface area contributed by atoms with Crippen molar-refractivity contribution in [3.8, 4) is 0 Å². The fraction of sp³-hybridized carbons (Fsp3) is 0.500. The molecule has 1 heterocycles. The first-order valence-corrected chi connectivity index (χ1v) is 9.10. The van der Waals surface area contributed by atoms with E-state index in [0.717, 1.165) is 12.1 Å². The van der Waals surface area contributed by atoms with E-state index < -0.39 is 21.7 Å². The molecule has 1 N–H and O–H groups in total. The van der Waals surface area contributed by atoms with Gasteiger partial charge in [0.05, 0.1) is 4.90 Å². The van der Waals surface area contributed by atoms with Gasteiger partial charge in [-0.1, -0.05) is 0 Å². The Labute approximate surface area is 138 Å². The number of hydrogen-bond donors (Lipinski definition) is 1. The highest BCUT2D eigenvalue weighted by molar-refractivity contribution is 7.89. The molecule has 0 spiro atoms. The molecule has 1 aliphatic heterocycles. The van der Waals surface area contributed by atoms with Crippen molar-refractivity contribution in [2.75, 3.05) is 25.5 Å². The number of halogens is 3. The summed E-state index contributed by atoms with van der Waals surface area (Å²) in [5.41, 5.74) is 0. The Morgan fingerprint density at radius 3 is 2.48 bits per heavy atom. The predicted octanol–water partition coefficient (Wildman–Crippen LogP) is 1.72. The third-order valence-corrected chi connectivity index (χ3v) is 5.95. The summed E-state index contributed by atoms with van der Waals surface area (Å²) >= 11 is 5.39. The molecule has 0 aromatic heterocycles. The Kier molecular flexibility index (Phi) is 5.94. The molecule has 0 atom stereocenters. The van der Waals surface area contributed by atoms with Crippen LogP contribution in [0.1, 0.15) is 12.8 Å². The van der Waals surface area contributed by atoms with Crippen LogP contribution in [-0.4, -0.2) is 44.1 Å². The van der Waals surface area contributed by atoms with Gasteiger partial charge in [-0.25, -0.2) is 17.2 Å². The van der Waals surface area contributed by atoms with E-state index in [0.29, 0.717) is 25.5 Å². The highest BCUT2D eigenvalue weighted by atomic mass is 35.5. The van der Waals surface area contributed by atoms with Crippen molar-refractivity contribution < 1.29 is 22.0 Å². The van der Waals surface area contributed by atoms with Crippen molar-refractivity contribution in [1.29, 1.82) is 0 Å². The van der Waals surface area contributed by atoms with E-state index >= 15 is 0 Å². The third kappa shape index (κ3) is 4.39. The van der Waals surface area contributed by atoms with E-state index in [-0.39, 0.29) is 35.7 Å². The van der Waals surface area contributed by atoms with E-state index in [1.54, 1.807) is 0 Å². The molecule has 1 saturated heterocycles. The fourth-order valence-corrected chi connectivity index (χ4v) is 4.02. The van der Waals surface area contributed by atoms with Gasteiger partial charge in [-0.05, 0) is 37.0 Å². The van der Waals surface area contributed by atoms with Gasteiger partial charge < -0.3 is 5.32 Å². The van der Waals surface area contributed by atoms with Crippen LogP contribution in [0.3, 0.4) is 0 Å². The summed E-state index contributed by atoms with van der Waals surface area (Å²) in [7, 11) is -3.84. The Morgan fingerprint density at radius 1 is 1.26 bits per heavy atom. The zero-order chi connectivity index (χ0) is 17.0. The van der Waals surface area contributed by atoms with Gasteiger partial charge in [-0.3, -0.25) is 4.79 Å². The Bertz CT molecular complexity index is 677. The second kappa shape index (κ2) is 7.55. The van der Waals surface area contributed by atoms with Crippen LogP contribution in [-0.2, 0) is 14.8 Å². The molecule has 0 bridgehead atoms. The molecule has 0 aliphatic carbocycles. The first-order valence-electron chi connectivity index (χ1n) is 7.12. The molecular formula is C14H17ClF2N2O3S. The largest absolute Gasteiger partial charge is 0.355 e. The van der Waals surface area contributed by atoms with Crippen molar-refractivity contribution >= 4 is 27.5 Å². The number of rotatable bonds is 5. The number of alkyl halides is 1. The van der Waals surface area contributed by atoms with Crippen molar-refractivity contribution in [2.24, 2.45) is 5.92 Å². The lowest BCUT2D eigenvalue weighted by molar-refractivity contribution is -0.118. The lowest BCUT2D eigenvalue weighted by Crippen LogP contribution is -2.41. The zero-order valence-corrected chi connectivity index (χ0v) is 13.8. The average molecular weight is 367 g/mol. The first-order chi connectivity index (χ1) is 10.8. The number of nitrogens with one attached hydrogen (secondary N) is 1. The SMILES string of the molecule is O=C(CCl)NCC1CCN(S(=O)(=O)c2ccc(F)c(F)c2)CC1. The minimum Gasteiger partial charge on any atom is -0.355 e. The number of carbonyl (C=O) groups excluding carboxylic acids is 1. The molecule has 5 nitrogen and oxygen atoms in total. The highest BCUT2D eigenvalue weighted by Crippen LogP contribution is 2.24. The topological polar surface area (TPSA) is 66.5 Å².